The van der Waals surface area contributed by atoms with E-state index in [1.807, 2.05) is 48.7 Å². The Morgan fingerprint density at radius 1 is 0.404 bits per heavy atom. The van der Waals surface area contributed by atoms with Crippen LogP contribution in [0.3, 0.4) is 0 Å². The van der Waals surface area contributed by atoms with E-state index in [2.05, 4.69) is 127 Å². The highest BCUT2D eigenvalue weighted by atomic mass is 14.9. The van der Waals surface area contributed by atoms with E-state index < -0.39 is 0 Å². The summed E-state index contributed by atoms with van der Waals surface area (Å²) in [5.74, 6) is 0.674. The lowest BCUT2D eigenvalue weighted by atomic mass is 9.99. The fraction of sp³-hybridized carbons (Fsp3) is 0.0426. The Bertz CT molecular complexity index is 2620. The van der Waals surface area contributed by atoms with Gasteiger partial charge in [-0.1, -0.05) is 134 Å². The molecule has 0 spiro atoms. The maximum atomic E-state index is 5.21. The zero-order valence-corrected chi connectivity index (χ0v) is 28.6. The van der Waals surface area contributed by atoms with E-state index in [0.29, 0.717) is 5.82 Å². The molecular weight excluding hydrogens is 635 g/mol. The average molecular weight is 668 g/mol. The average Bonchev–Trinajstić information content (AvgIpc) is 3.24. The number of aromatic nitrogens is 5. The lowest BCUT2D eigenvalue weighted by Gasteiger charge is -2.12. The third kappa shape index (κ3) is 5.99. The first kappa shape index (κ1) is 31.2. The van der Waals surface area contributed by atoms with E-state index in [0.717, 1.165) is 89.9 Å². The Hall–Kier alpha value is -6.85. The highest BCUT2D eigenvalue weighted by Gasteiger charge is 2.14. The maximum Gasteiger partial charge on any atom is 0.160 e. The van der Waals surface area contributed by atoms with Crippen molar-refractivity contribution >= 4 is 21.8 Å². The third-order valence-corrected chi connectivity index (χ3v) is 9.59. The summed E-state index contributed by atoms with van der Waals surface area (Å²) in [5.41, 5.74) is 14.1. The van der Waals surface area contributed by atoms with Crippen LogP contribution in [-0.2, 0) is 6.42 Å². The minimum atomic E-state index is 0.674. The number of pyridine rings is 3. The van der Waals surface area contributed by atoms with Gasteiger partial charge in [0.05, 0.1) is 33.8 Å². The van der Waals surface area contributed by atoms with Gasteiger partial charge in [0.25, 0.3) is 0 Å². The fourth-order valence-electron chi connectivity index (χ4n) is 6.79. The highest BCUT2D eigenvalue weighted by molar-refractivity contribution is 6.05. The Morgan fingerprint density at radius 2 is 0.942 bits per heavy atom. The first-order valence-electron chi connectivity index (χ1n) is 17.6. The molecule has 0 aliphatic heterocycles. The molecule has 0 bridgehead atoms. The molecule has 5 aromatic carbocycles. The monoisotopic (exact) mass is 667 g/mol. The van der Waals surface area contributed by atoms with Crippen LogP contribution in [0.5, 0.6) is 0 Å². The predicted octanol–water partition coefficient (Wildman–Crippen LogP) is 11.5. The Balaban J connectivity index is 1.04. The highest BCUT2D eigenvalue weighted by Crippen LogP contribution is 2.33. The molecule has 0 saturated heterocycles. The van der Waals surface area contributed by atoms with Crippen molar-refractivity contribution in [3.05, 3.63) is 176 Å². The summed E-state index contributed by atoms with van der Waals surface area (Å²) in [4.78, 5) is 24.6. The van der Waals surface area contributed by atoms with Crippen molar-refractivity contribution in [3.63, 3.8) is 0 Å². The van der Waals surface area contributed by atoms with Crippen molar-refractivity contribution in [2.24, 2.45) is 0 Å². The Morgan fingerprint density at radius 3 is 1.58 bits per heavy atom. The van der Waals surface area contributed by atoms with Gasteiger partial charge < -0.3 is 0 Å². The maximum absolute atomic E-state index is 5.21. The molecule has 0 saturated carbocycles. The number of hydrogen-bond acceptors (Lipinski definition) is 5. The van der Waals surface area contributed by atoms with E-state index in [9.17, 15) is 0 Å². The second kappa shape index (κ2) is 13.5. The van der Waals surface area contributed by atoms with Gasteiger partial charge in [-0.15, -0.1) is 0 Å². The zero-order chi connectivity index (χ0) is 34.9. The van der Waals surface area contributed by atoms with Crippen LogP contribution in [0.4, 0.5) is 0 Å². The van der Waals surface area contributed by atoms with E-state index in [1.165, 1.54) is 5.56 Å². The van der Waals surface area contributed by atoms with Crippen LogP contribution in [0.1, 0.15) is 12.5 Å². The van der Waals surface area contributed by atoms with Crippen LogP contribution >= 0.6 is 0 Å². The lowest BCUT2D eigenvalue weighted by Crippen LogP contribution is -1.96. The summed E-state index contributed by atoms with van der Waals surface area (Å²) in [6.45, 7) is 2.20. The van der Waals surface area contributed by atoms with Gasteiger partial charge in [-0.25, -0.2) is 19.9 Å². The van der Waals surface area contributed by atoms with Crippen molar-refractivity contribution < 1.29 is 0 Å². The van der Waals surface area contributed by atoms with Crippen molar-refractivity contribution in [2.45, 2.75) is 13.3 Å². The minimum Gasteiger partial charge on any atom is -0.264 e. The second-order valence-corrected chi connectivity index (χ2v) is 12.8. The van der Waals surface area contributed by atoms with Gasteiger partial charge in [0, 0.05) is 51.0 Å². The molecule has 0 atom stereocenters. The van der Waals surface area contributed by atoms with E-state index >= 15 is 0 Å². The van der Waals surface area contributed by atoms with Crippen molar-refractivity contribution in [1.82, 2.24) is 24.9 Å². The fourth-order valence-corrected chi connectivity index (χ4v) is 6.79. The summed E-state index contributed by atoms with van der Waals surface area (Å²) in [7, 11) is 0. The molecule has 0 unspecified atom stereocenters. The molecule has 0 radical (unpaired) electrons. The van der Waals surface area contributed by atoms with Gasteiger partial charge in [0.2, 0.25) is 0 Å². The summed E-state index contributed by atoms with van der Waals surface area (Å²) in [5, 5.41) is 2.24. The number of nitrogens with zero attached hydrogens (tertiary/aromatic N) is 5. The van der Waals surface area contributed by atoms with Crippen LogP contribution in [0.2, 0.25) is 0 Å². The minimum absolute atomic E-state index is 0.674. The summed E-state index contributed by atoms with van der Waals surface area (Å²) >= 11 is 0. The van der Waals surface area contributed by atoms with Crippen LogP contribution in [-0.4, -0.2) is 24.9 Å². The van der Waals surface area contributed by atoms with Crippen LogP contribution in [0.25, 0.3) is 89.4 Å². The van der Waals surface area contributed by atoms with E-state index in [-0.39, 0.29) is 0 Å². The molecule has 9 rings (SSSR count). The molecule has 246 valence electrons. The van der Waals surface area contributed by atoms with Crippen molar-refractivity contribution in [3.8, 4) is 67.5 Å². The second-order valence-electron chi connectivity index (χ2n) is 12.8. The number of benzene rings is 5. The van der Waals surface area contributed by atoms with Gasteiger partial charge in [-0.3, -0.25) is 4.98 Å². The molecule has 0 N–H and O–H groups in total. The number of hydrogen-bond donors (Lipinski definition) is 0. The molecule has 5 heteroatoms. The quantitative estimate of drug-likeness (QED) is 0.158. The van der Waals surface area contributed by atoms with Crippen LogP contribution in [0, 0.1) is 0 Å². The van der Waals surface area contributed by atoms with E-state index in [1.54, 1.807) is 6.20 Å². The van der Waals surface area contributed by atoms with E-state index in [4.69, 9.17) is 19.9 Å². The molecule has 9 aromatic rings. The Kier molecular flexibility index (Phi) is 8.06. The summed E-state index contributed by atoms with van der Waals surface area (Å²) in [6, 6.07) is 54.5. The zero-order valence-electron chi connectivity index (χ0n) is 28.6. The third-order valence-electron chi connectivity index (χ3n) is 9.59. The standard InChI is InChI=1S/C47H33N5/c1-2-31-28-42(34-10-5-3-6-11-34)50-46-40(31)25-23-37-24-26-41(49-45(37)46)36-19-15-32(16-20-36)33-17-21-38(22-18-33)47-51-43(35-12-7-4-8-13-35)29-44(52-47)39-14-9-27-48-30-39/h3-30H,2H2,1H3. The largest absolute Gasteiger partial charge is 0.264 e. The van der Waals surface area contributed by atoms with Crippen LogP contribution < -0.4 is 0 Å². The molecule has 0 amide bonds. The summed E-state index contributed by atoms with van der Waals surface area (Å²) in [6.07, 6.45) is 4.53. The van der Waals surface area contributed by atoms with Gasteiger partial charge >= 0.3 is 0 Å². The molecule has 4 heterocycles. The number of fused-ring (bicyclic) bond motifs is 3. The van der Waals surface area contributed by atoms with Gasteiger partial charge in [0.1, 0.15) is 0 Å². The lowest BCUT2D eigenvalue weighted by molar-refractivity contribution is 1.15. The normalized spacial score (nSPS) is 11.2. The summed E-state index contributed by atoms with van der Waals surface area (Å²) < 4.78 is 0. The first-order valence-corrected chi connectivity index (χ1v) is 17.6. The molecular formula is C47H33N5. The molecule has 52 heavy (non-hydrogen) atoms. The molecule has 4 aromatic heterocycles. The van der Waals surface area contributed by atoms with Gasteiger partial charge in [-0.2, -0.15) is 0 Å². The topological polar surface area (TPSA) is 64.5 Å². The van der Waals surface area contributed by atoms with Gasteiger partial charge in [-0.05, 0) is 53.4 Å². The molecule has 0 aliphatic rings. The Labute approximate surface area is 302 Å². The molecule has 0 aliphatic carbocycles. The molecule has 5 nitrogen and oxygen atoms in total. The van der Waals surface area contributed by atoms with Crippen LogP contribution in [0.15, 0.2) is 170 Å². The van der Waals surface area contributed by atoms with Gasteiger partial charge in [0.15, 0.2) is 5.82 Å². The van der Waals surface area contributed by atoms with Crippen molar-refractivity contribution in [1.29, 1.82) is 0 Å². The van der Waals surface area contributed by atoms with Crippen molar-refractivity contribution in [2.75, 3.05) is 0 Å². The number of aryl methyl sites for hydroxylation is 1. The smallest absolute Gasteiger partial charge is 0.160 e. The predicted molar refractivity (Wildman–Crippen MR) is 212 cm³/mol. The molecule has 0 fully saturated rings. The number of rotatable bonds is 7. The first-order chi connectivity index (χ1) is 25.7. The SMILES string of the molecule is CCc1cc(-c2ccccc2)nc2c1ccc1ccc(-c3ccc(-c4ccc(-c5nc(-c6ccccc6)cc(-c6cccnc6)n5)cc4)cc3)nc12.